The highest BCUT2D eigenvalue weighted by Crippen LogP contribution is 2.18. The van der Waals surface area contributed by atoms with Gasteiger partial charge >= 0.3 is 5.97 Å². The highest BCUT2D eigenvalue weighted by atomic mass is 16.4. The van der Waals surface area contributed by atoms with E-state index in [9.17, 15) is 4.79 Å². The molecule has 3 N–H and O–H groups in total. The minimum atomic E-state index is -1.04. The van der Waals surface area contributed by atoms with Crippen LogP contribution < -0.4 is 5.43 Å². The Morgan fingerprint density at radius 2 is 2.05 bits per heavy atom. The number of carbonyl (C=O) groups is 1. The number of rotatable bonds is 1. The van der Waals surface area contributed by atoms with Crippen LogP contribution in [0.1, 0.15) is 5.56 Å². The molecule has 0 saturated carbocycles. The van der Waals surface area contributed by atoms with Crippen LogP contribution in [0.4, 0.5) is 5.69 Å². The highest BCUT2D eigenvalue weighted by Gasteiger charge is 2.09. The average molecular weight is 256 g/mol. The van der Waals surface area contributed by atoms with E-state index >= 15 is 0 Å². The monoisotopic (exact) mass is 256 g/mol. The minimum absolute atomic E-state index is 0.00111. The molecule has 6 heteroatoms. The molecule has 96 valence electrons. The fourth-order valence-electron chi connectivity index (χ4n) is 1.40. The first-order valence-corrected chi connectivity index (χ1v) is 5.54. The summed E-state index contributed by atoms with van der Waals surface area (Å²) in [6.07, 6.45) is 8.28. The van der Waals surface area contributed by atoms with Gasteiger partial charge in [-0.2, -0.15) is 5.10 Å². The van der Waals surface area contributed by atoms with Crippen LogP contribution in [0.3, 0.4) is 0 Å². The first-order chi connectivity index (χ1) is 9.27. The van der Waals surface area contributed by atoms with Crippen LogP contribution in [0.5, 0.6) is 0 Å². The first-order valence-electron chi connectivity index (χ1n) is 5.54. The molecule has 0 unspecified atom stereocenters. The molecule has 0 aliphatic carbocycles. The summed E-state index contributed by atoms with van der Waals surface area (Å²) in [5.74, 6) is -1.04. The lowest BCUT2D eigenvalue weighted by atomic mass is 10.1. The second-order valence-electron chi connectivity index (χ2n) is 3.60. The topological polar surface area (TPSA) is 90.4 Å². The molecule has 1 aromatic carbocycles. The van der Waals surface area contributed by atoms with Crippen LogP contribution in [-0.2, 0) is 4.79 Å². The van der Waals surface area contributed by atoms with E-state index in [1.54, 1.807) is 24.8 Å². The van der Waals surface area contributed by atoms with Crippen LogP contribution in [0, 0.1) is 0 Å². The van der Waals surface area contributed by atoms with E-state index in [2.05, 4.69) is 20.5 Å². The number of hydrazone groups is 1. The summed E-state index contributed by atoms with van der Waals surface area (Å²) in [6, 6.07) is 7.48. The fraction of sp³-hybridized carbons (Fsp3) is 0. The van der Waals surface area contributed by atoms with E-state index < -0.39 is 5.97 Å². The molecule has 2 aromatic rings. The van der Waals surface area contributed by atoms with Crippen LogP contribution in [-0.4, -0.2) is 26.8 Å². The number of anilines is 1. The smallest absolute Gasteiger partial charge is 0.356 e. The maximum atomic E-state index is 10.6. The van der Waals surface area contributed by atoms with Crippen LogP contribution in [0.15, 0.2) is 54.2 Å². The van der Waals surface area contributed by atoms with E-state index in [0.29, 0.717) is 0 Å². The number of aromatic nitrogens is 2. The third-order valence-corrected chi connectivity index (χ3v) is 2.30. The Hall–Kier alpha value is -2.89. The largest absolute Gasteiger partial charge is 0.476 e. The van der Waals surface area contributed by atoms with Crippen LogP contribution >= 0.6 is 0 Å². The van der Waals surface area contributed by atoms with Crippen molar-refractivity contribution in [2.45, 2.75) is 0 Å². The lowest BCUT2D eigenvalue weighted by Crippen LogP contribution is -2.10. The van der Waals surface area contributed by atoms with Gasteiger partial charge in [0.15, 0.2) is 5.71 Å². The summed E-state index contributed by atoms with van der Waals surface area (Å²) >= 11 is 0. The predicted octanol–water partition coefficient (Wildman–Crippen LogP) is 1.98. The van der Waals surface area contributed by atoms with Crippen molar-refractivity contribution >= 4 is 23.4 Å². The maximum absolute atomic E-state index is 10.6. The number of nitrogens with zero attached hydrogens (tertiary/aromatic N) is 2. The highest BCUT2D eigenvalue weighted by molar-refractivity contribution is 6.41. The van der Waals surface area contributed by atoms with Crippen molar-refractivity contribution in [1.82, 2.24) is 9.97 Å². The molecule has 0 fully saturated rings. The number of H-pyrrole nitrogens is 1. The van der Waals surface area contributed by atoms with Gasteiger partial charge in [0, 0.05) is 12.4 Å². The summed E-state index contributed by atoms with van der Waals surface area (Å²) in [5.41, 5.74) is 4.43. The Morgan fingerprint density at radius 3 is 2.68 bits per heavy atom. The first kappa shape index (κ1) is 12.6. The Balaban J connectivity index is 0.000000224. The van der Waals surface area contributed by atoms with Gasteiger partial charge in [-0.1, -0.05) is 24.3 Å². The fourth-order valence-corrected chi connectivity index (χ4v) is 1.40. The van der Waals surface area contributed by atoms with Gasteiger partial charge in [-0.3, -0.25) is 5.43 Å². The SMILES string of the molecule is O=C(O)C1=NNc2ccccc2C=C1.c1c[nH]cn1. The maximum Gasteiger partial charge on any atom is 0.356 e. The lowest BCUT2D eigenvalue weighted by Gasteiger charge is -2.01. The quantitative estimate of drug-likeness (QED) is 0.727. The molecule has 2 heterocycles. The van der Waals surface area contributed by atoms with Crippen LogP contribution in [0.25, 0.3) is 6.08 Å². The lowest BCUT2D eigenvalue weighted by molar-refractivity contribution is -0.129. The van der Waals surface area contributed by atoms with Gasteiger partial charge in [-0.15, -0.1) is 0 Å². The number of nitrogens with one attached hydrogen (secondary N) is 2. The zero-order valence-electron chi connectivity index (χ0n) is 9.95. The Labute approximate surface area is 109 Å². The number of para-hydroxylation sites is 1. The van der Waals surface area contributed by atoms with Gasteiger partial charge in [0.1, 0.15) is 0 Å². The molecule has 0 radical (unpaired) electrons. The van der Waals surface area contributed by atoms with E-state index in [0.717, 1.165) is 11.3 Å². The molecular formula is C13H12N4O2. The van der Waals surface area contributed by atoms with Gasteiger partial charge in [0.2, 0.25) is 0 Å². The Bertz CT molecular complexity index is 586. The molecular weight excluding hydrogens is 244 g/mol. The molecule has 1 aliphatic heterocycles. The molecule has 0 bridgehead atoms. The molecule has 0 spiro atoms. The van der Waals surface area contributed by atoms with Gasteiger partial charge in [-0.05, 0) is 17.7 Å². The number of aromatic amines is 1. The number of carboxylic acid groups (broad SMARTS) is 1. The zero-order valence-corrected chi connectivity index (χ0v) is 9.95. The predicted molar refractivity (Wildman–Crippen MR) is 72.8 cm³/mol. The van der Waals surface area contributed by atoms with E-state index in [1.807, 2.05) is 24.3 Å². The minimum Gasteiger partial charge on any atom is -0.476 e. The Kier molecular flexibility index (Phi) is 4.07. The average Bonchev–Trinajstić information content (AvgIpc) is 2.92. The van der Waals surface area contributed by atoms with Crippen LogP contribution in [0.2, 0.25) is 0 Å². The normalized spacial score (nSPS) is 12.1. The van der Waals surface area contributed by atoms with E-state index in [4.69, 9.17) is 5.11 Å². The van der Waals surface area contributed by atoms with Gasteiger partial charge in [0.05, 0.1) is 12.0 Å². The standard InChI is InChI=1S/C10H8N2O2.C3H4N2/c13-10(14)9-6-5-7-3-1-2-4-8(7)11-12-9;1-2-5-3-4-1/h1-6,11H,(H,13,14);1-3H,(H,4,5). The zero-order chi connectivity index (χ0) is 13.5. The number of hydrogen-bond donors (Lipinski definition) is 3. The van der Waals surface area contributed by atoms with Crippen molar-refractivity contribution in [1.29, 1.82) is 0 Å². The summed E-state index contributed by atoms with van der Waals surface area (Å²) in [7, 11) is 0. The molecule has 0 atom stereocenters. The van der Waals surface area contributed by atoms with Crippen molar-refractivity contribution in [2.24, 2.45) is 5.10 Å². The second-order valence-corrected chi connectivity index (χ2v) is 3.60. The molecule has 0 saturated heterocycles. The summed E-state index contributed by atoms with van der Waals surface area (Å²) < 4.78 is 0. The van der Waals surface area contributed by atoms with Crippen molar-refractivity contribution in [3.63, 3.8) is 0 Å². The molecule has 1 aliphatic rings. The number of benzene rings is 1. The van der Waals surface area contributed by atoms with Gasteiger partial charge in [0.25, 0.3) is 0 Å². The van der Waals surface area contributed by atoms with Gasteiger partial charge < -0.3 is 10.1 Å². The third-order valence-electron chi connectivity index (χ3n) is 2.30. The molecule has 0 amide bonds. The summed E-state index contributed by atoms with van der Waals surface area (Å²) in [6.45, 7) is 0. The summed E-state index contributed by atoms with van der Waals surface area (Å²) in [5, 5.41) is 12.5. The molecule has 19 heavy (non-hydrogen) atoms. The Morgan fingerprint density at radius 1 is 1.21 bits per heavy atom. The molecule has 6 nitrogen and oxygen atoms in total. The third kappa shape index (κ3) is 3.53. The molecule has 3 rings (SSSR count). The number of fused-ring (bicyclic) bond motifs is 1. The van der Waals surface area contributed by atoms with E-state index in [1.165, 1.54) is 6.08 Å². The number of carboxylic acids is 1. The van der Waals surface area contributed by atoms with Crippen molar-refractivity contribution in [3.05, 3.63) is 54.6 Å². The van der Waals surface area contributed by atoms with Crippen molar-refractivity contribution in [3.8, 4) is 0 Å². The van der Waals surface area contributed by atoms with Crippen molar-refractivity contribution < 1.29 is 9.90 Å². The van der Waals surface area contributed by atoms with Gasteiger partial charge in [-0.25, -0.2) is 9.78 Å². The number of hydrogen-bond acceptors (Lipinski definition) is 4. The molecule has 1 aromatic heterocycles. The van der Waals surface area contributed by atoms with Crippen molar-refractivity contribution in [2.75, 3.05) is 5.43 Å². The van der Waals surface area contributed by atoms with E-state index in [-0.39, 0.29) is 5.71 Å². The number of imidazole rings is 1. The summed E-state index contributed by atoms with van der Waals surface area (Å²) in [4.78, 5) is 17.1. The number of aliphatic carboxylic acids is 1. The second kappa shape index (κ2) is 6.15.